The number of benzene rings is 2. The largest absolute Gasteiger partial charge is 0.148 e. The Bertz CT molecular complexity index is 1060. The monoisotopic (exact) mass is 398 g/mol. The molecule has 0 unspecified atom stereocenters. The molecular formula is C24H18S2Si. The van der Waals surface area contributed by atoms with Crippen molar-refractivity contribution in [2.45, 2.75) is 5.04 Å². The first kappa shape index (κ1) is 16.8. The molecule has 0 atom stereocenters. The summed E-state index contributed by atoms with van der Waals surface area (Å²) in [5.74, 6) is 0. The molecule has 0 bridgehead atoms. The van der Waals surface area contributed by atoms with Gasteiger partial charge in [-0.05, 0) is 45.2 Å². The van der Waals surface area contributed by atoms with Crippen LogP contribution in [0, 0.1) is 0 Å². The smallest absolute Gasteiger partial charge is 0.0683 e. The van der Waals surface area contributed by atoms with Gasteiger partial charge in [0.15, 0.2) is 0 Å². The number of allylic oxidation sites excluding steroid dienone is 2. The van der Waals surface area contributed by atoms with Gasteiger partial charge in [-0.15, -0.1) is 22.7 Å². The predicted octanol–water partition coefficient (Wildman–Crippen LogP) is 5.92. The Labute approximate surface area is 169 Å². The summed E-state index contributed by atoms with van der Waals surface area (Å²) in [4.78, 5) is 2.92. The average Bonchev–Trinajstić information content (AvgIpc) is 3.49. The van der Waals surface area contributed by atoms with Gasteiger partial charge in [-0.25, -0.2) is 0 Å². The Morgan fingerprint density at radius 2 is 1.15 bits per heavy atom. The Kier molecular flexibility index (Phi) is 4.36. The molecule has 0 aliphatic carbocycles. The summed E-state index contributed by atoms with van der Waals surface area (Å²) in [6.07, 6.45) is 0. The molecule has 0 radical (unpaired) electrons. The maximum Gasteiger partial charge on any atom is 0.0683 e. The molecule has 2 aromatic heterocycles. The zero-order chi connectivity index (χ0) is 18.1. The third kappa shape index (κ3) is 2.74. The highest BCUT2D eigenvalue weighted by atomic mass is 32.1. The lowest BCUT2D eigenvalue weighted by molar-refractivity contribution is 1.01. The molecule has 3 heterocycles. The molecule has 2 aromatic carbocycles. The zero-order valence-corrected chi connectivity index (χ0v) is 17.5. The second-order valence-corrected chi connectivity index (χ2v) is 10.0. The van der Waals surface area contributed by atoms with E-state index < -0.39 is 0 Å². The van der Waals surface area contributed by atoms with Crippen molar-refractivity contribution in [2.75, 3.05) is 0 Å². The first-order valence-electron chi connectivity index (χ1n) is 9.02. The lowest BCUT2D eigenvalue weighted by Gasteiger charge is -2.31. The minimum Gasteiger partial charge on any atom is -0.148 e. The van der Waals surface area contributed by atoms with Gasteiger partial charge in [0, 0.05) is 18.9 Å². The predicted molar refractivity (Wildman–Crippen MR) is 122 cm³/mol. The van der Waals surface area contributed by atoms with Crippen LogP contribution in [0.4, 0.5) is 0 Å². The average molecular weight is 399 g/mol. The van der Waals surface area contributed by atoms with E-state index in [9.17, 15) is 0 Å². The maximum atomic E-state index is 2.52. The Balaban J connectivity index is 1.86. The zero-order valence-electron chi connectivity index (χ0n) is 14.7. The van der Waals surface area contributed by atoms with Crippen LogP contribution in [0.1, 0.15) is 20.9 Å². The minimum atomic E-state index is -0.0190. The summed E-state index contributed by atoms with van der Waals surface area (Å²) < 4.78 is 0. The fraction of sp³-hybridized carbons (Fsp3) is 0.0417. The van der Waals surface area contributed by atoms with Crippen molar-refractivity contribution in [3.05, 3.63) is 117 Å². The fourth-order valence-corrected chi connectivity index (χ4v) is 8.36. The number of thiophene rings is 2. The van der Waals surface area contributed by atoms with Crippen LogP contribution >= 0.6 is 22.7 Å². The van der Waals surface area contributed by atoms with Gasteiger partial charge in [0.1, 0.15) is 0 Å². The molecule has 0 fully saturated rings. The first-order chi connectivity index (χ1) is 13.4. The van der Waals surface area contributed by atoms with Gasteiger partial charge in [0.05, 0.1) is 5.04 Å². The van der Waals surface area contributed by atoms with E-state index in [0.717, 1.165) is 0 Å². The molecule has 4 aromatic rings. The van der Waals surface area contributed by atoms with Gasteiger partial charge < -0.3 is 0 Å². The molecular weight excluding hydrogens is 380 g/mol. The molecule has 130 valence electrons. The van der Waals surface area contributed by atoms with Gasteiger partial charge in [0.2, 0.25) is 0 Å². The molecule has 3 heteroatoms. The lowest BCUT2D eigenvalue weighted by atomic mass is 9.84. The standard InChI is InChI=1S/C24H18S2Si/c1-3-9-18(10-4-1)20-17-27-24(21-13-7-15-25-21,22-14-8-16-26-22)23(20)19-11-5-2-6-12-19/h1-17,27H. The number of rotatable bonds is 4. The second-order valence-electron chi connectivity index (χ2n) is 6.62. The normalized spacial score (nSPS) is 15.4. The topological polar surface area (TPSA) is 0 Å². The van der Waals surface area contributed by atoms with Crippen LogP contribution in [-0.2, 0) is 5.04 Å². The highest BCUT2D eigenvalue weighted by Crippen LogP contribution is 2.50. The highest BCUT2D eigenvalue weighted by molar-refractivity contribution is 7.13. The molecule has 0 spiro atoms. The Morgan fingerprint density at radius 1 is 0.593 bits per heavy atom. The van der Waals surface area contributed by atoms with Crippen molar-refractivity contribution < 1.29 is 0 Å². The number of hydrogen-bond acceptors (Lipinski definition) is 2. The molecule has 0 amide bonds. The third-order valence-electron chi connectivity index (χ3n) is 5.13. The van der Waals surface area contributed by atoms with Crippen molar-refractivity contribution in [2.24, 2.45) is 0 Å². The minimum absolute atomic E-state index is 0.0190. The van der Waals surface area contributed by atoms with Crippen LogP contribution in [0.15, 0.2) is 95.7 Å². The summed E-state index contributed by atoms with van der Waals surface area (Å²) in [5.41, 5.74) is 8.04. The summed E-state index contributed by atoms with van der Waals surface area (Å²) >= 11 is 3.77. The molecule has 0 nitrogen and oxygen atoms in total. The summed E-state index contributed by atoms with van der Waals surface area (Å²) in [6, 6.07) is 30.9. The molecule has 0 N–H and O–H groups in total. The first-order valence-corrected chi connectivity index (χ1v) is 12.0. The quantitative estimate of drug-likeness (QED) is 0.375. The van der Waals surface area contributed by atoms with Crippen molar-refractivity contribution in [1.29, 1.82) is 0 Å². The molecule has 0 saturated carbocycles. The van der Waals surface area contributed by atoms with Crippen LogP contribution in [0.2, 0.25) is 0 Å². The van der Waals surface area contributed by atoms with E-state index in [-0.39, 0.29) is 14.2 Å². The van der Waals surface area contributed by atoms with Crippen molar-refractivity contribution in [3.63, 3.8) is 0 Å². The Morgan fingerprint density at radius 3 is 1.67 bits per heavy atom. The van der Waals surface area contributed by atoms with Crippen molar-refractivity contribution >= 4 is 48.6 Å². The van der Waals surface area contributed by atoms with Gasteiger partial charge in [-0.3, -0.25) is 0 Å². The van der Waals surface area contributed by atoms with Crippen molar-refractivity contribution in [3.8, 4) is 0 Å². The van der Waals surface area contributed by atoms with Crippen LogP contribution in [0.25, 0.3) is 11.1 Å². The van der Waals surface area contributed by atoms with Gasteiger partial charge >= 0.3 is 0 Å². The van der Waals surface area contributed by atoms with E-state index in [4.69, 9.17) is 0 Å². The van der Waals surface area contributed by atoms with Gasteiger partial charge in [0.25, 0.3) is 0 Å². The SMILES string of the molecule is C1=[SiH]C(c2cccs2)(c2cccs2)C(c2ccccc2)=C1c1ccccc1. The van der Waals surface area contributed by atoms with Gasteiger partial charge in [-0.1, -0.05) is 78.5 Å². The molecule has 0 saturated heterocycles. The van der Waals surface area contributed by atoms with Gasteiger partial charge in [-0.2, -0.15) is 0 Å². The van der Waals surface area contributed by atoms with E-state index in [1.807, 2.05) is 22.7 Å². The lowest BCUT2D eigenvalue weighted by Crippen LogP contribution is -2.28. The van der Waals surface area contributed by atoms with Crippen LogP contribution in [0.5, 0.6) is 0 Å². The van der Waals surface area contributed by atoms with Crippen LogP contribution < -0.4 is 0 Å². The maximum absolute atomic E-state index is 2.52. The van der Waals surface area contributed by atoms with Crippen LogP contribution in [0.3, 0.4) is 0 Å². The number of hydrogen-bond donors (Lipinski definition) is 0. The summed E-state index contributed by atoms with van der Waals surface area (Å²) in [5, 5.41) is 4.41. The van der Waals surface area contributed by atoms with E-state index in [2.05, 4.69) is 101 Å². The van der Waals surface area contributed by atoms with E-state index in [1.165, 1.54) is 32.0 Å². The van der Waals surface area contributed by atoms with E-state index >= 15 is 0 Å². The second kappa shape index (κ2) is 7.00. The summed E-state index contributed by atoms with van der Waals surface area (Å²) in [6.45, 7) is 0. The van der Waals surface area contributed by atoms with E-state index in [0.29, 0.717) is 0 Å². The molecule has 1 aliphatic heterocycles. The highest BCUT2D eigenvalue weighted by Gasteiger charge is 2.42. The van der Waals surface area contributed by atoms with Crippen LogP contribution in [-0.4, -0.2) is 14.8 Å². The third-order valence-corrected chi connectivity index (χ3v) is 9.47. The fourth-order valence-electron chi connectivity index (χ4n) is 3.97. The molecule has 27 heavy (non-hydrogen) atoms. The van der Waals surface area contributed by atoms with Crippen molar-refractivity contribution in [1.82, 2.24) is 0 Å². The van der Waals surface area contributed by atoms with E-state index in [1.54, 1.807) is 0 Å². The Hall–Kier alpha value is -2.33. The molecule has 1 aliphatic rings. The summed E-state index contributed by atoms with van der Waals surface area (Å²) in [7, 11) is 0.0720. The molecule has 5 rings (SSSR count).